The van der Waals surface area contributed by atoms with Crippen molar-refractivity contribution in [3.63, 3.8) is 0 Å². The third-order valence-corrected chi connectivity index (χ3v) is 4.74. The predicted molar refractivity (Wildman–Crippen MR) is 93.6 cm³/mol. The smallest absolute Gasteiger partial charge is 0.314 e. The maximum Gasteiger partial charge on any atom is 0.314 e. The lowest BCUT2D eigenvalue weighted by Gasteiger charge is -2.17. The molecule has 126 valence electrons. The zero-order chi connectivity index (χ0) is 17.0. The molecule has 0 heterocycles. The minimum Gasteiger partial charge on any atom is -0.338 e. The minimum atomic E-state index is -0.226. The summed E-state index contributed by atoms with van der Waals surface area (Å²) in [5, 5.41) is 5.76. The molecule has 2 aromatic carbocycles. The van der Waals surface area contributed by atoms with E-state index in [4.69, 9.17) is 0 Å². The van der Waals surface area contributed by atoms with E-state index in [-0.39, 0.29) is 17.3 Å². The van der Waals surface area contributed by atoms with Gasteiger partial charge in [-0.3, -0.25) is 0 Å². The van der Waals surface area contributed by atoms with E-state index in [1.54, 1.807) is 18.2 Å². The number of rotatable bonds is 6. The Kier molecular flexibility index (Phi) is 4.84. The van der Waals surface area contributed by atoms with Gasteiger partial charge < -0.3 is 10.6 Å². The largest absolute Gasteiger partial charge is 0.338 e. The topological polar surface area (TPSA) is 41.1 Å². The summed E-state index contributed by atoms with van der Waals surface area (Å²) in [7, 11) is 0. The first-order valence-electron chi connectivity index (χ1n) is 8.41. The van der Waals surface area contributed by atoms with E-state index in [0.717, 1.165) is 12.8 Å². The zero-order valence-electron chi connectivity index (χ0n) is 13.9. The predicted octanol–water partition coefficient (Wildman–Crippen LogP) is 3.71. The number of hydrogen-bond donors (Lipinski definition) is 2. The highest BCUT2D eigenvalue weighted by Gasteiger charge is 2.44. The van der Waals surface area contributed by atoms with Crippen LogP contribution < -0.4 is 10.6 Å². The summed E-state index contributed by atoms with van der Waals surface area (Å²) in [6, 6.07) is 15.0. The van der Waals surface area contributed by atoms with Gasteiger partial charge in [-0.15, -0.1) is 0 Å². The molecule has 1 fully saturated rings. The molecular formula is C20H23FN2O. The summed E-state index contributed by atoms with van der Waals surface area (Å²) in [6.07, 6.45) is 2.69. The summed E-state index contributed by atoms with van der Waals surface area (Å²) < 4.78 is 13.5. The van der Waals surface area contributed by atoms with Gasteiger partial charge in [-0.2, -0.15) is 0 Å². The lowest BCUT2D eigenvalue weighted by molar-refractivity contribution is 0.240. The van der Waals surface area contributed by atoms with Crippen LogP contribution in [0.2, 0.25) is 0 Å². The first-order chi connectivity index (χ1) is 11.6. The van der Waals surface area contributed by atoms with Crippen molar-refractivity contribution in [2.45, 2.75) is 31.6 Å². The maximum absolute atomic E-state index is 13.5. The zero-order valence-corrected chi connectivity index (χ0v) is 13.9. The standard InChI is InChI=1S/C20H23FN2O/c1-15-6-8-17(9-7-15)20(11-12-20)14-23-19(24)22-13-10-16-4-2-3-5-18(16)21/h2-9H,10-14H2,1H3,(H2,22,23,24). The first kappa shape index (κ1) is 16.5. The average molecular weight is 326 g/mol. The highest BCUT2D eigenvalue weighted by molar-refractivity contribution is 5.74. The van der Waals surface area contributed by atoms with Crippen LogP contribution in [0.25, 0.3) is 0 Å². The van der Waals surface area contributed by atoms with Crippen molar-refractivity contribution in [3.8, 4) is 0 Å². The highest BCUT2D eigenvalue weighted by Crippen LogP contribution is 2.47. The average Bonchev–Trinajstić information content (AvgIpc) is 3.37. The van der Waals surface area contributed by atoms with Crippen LogP contribution in [0.4, 0.5) is 9.18 Å². The van der Waals surface area contributed by atoms with Gasteiger partial charge in [-0.1, -0.05) is 48.0 Å². The number of amides is 2. The Morgan fingerprint density at radius 2 is 1.79 bits per heavy atom. The van der Waals surface area contributed by atoms with Crippen molar-refractivity contribution < 1.29 is 9.18 Å². The molecule has 0 bridgehead atoms. The van der Waals surface area contributed by atoms with Crippen LogP contribution in [0.1, 0.15) is 29.5 Å². The molecule has 0 saturated heterocycles. The van der Waals surface area contributed by atoms with Crippen LogP contribution in [0, 0.1) is 12.7 Å². The summed E-state index contributed by atoms with van der Waals surface area (Å²) in [5.41, 5.74) is 3.25. The van der Waals surface area contributed by atoms with Crippen LogP contribution in [-0.4, -0.2) is 19.1 Å². The summed E-state index contributed by atoms with van der Waals surface area (Å²) in [5.74, 6) is -0.226. The van der Waals surface area contributed by atoms with Crippen LogP contribution in [0.5, 0.6) is 0 Å². The molecule has 0 aliphatic heterocycles. The quantitative estimate of drug-likeness (QED) is 0.835. The number of benzene rings is 2. The van der Waals surface area contributed by atoms with Crippen molar-refractivity contribution in [2.75, 3.05) is 13.1 Å². The van der Waals surface area contributed by atoms with Gasteiger partial charge in [0.25, 0.3) is 0 Å². The Hall–Kier alpha value is -2.36. The Balaban J connectivity index is 1.44. The second-order valence-corrected chi connectivity index (χ2v) is 6.60. The fourth-order valence-corrected chi connectivity index (χ4v) is 2.95. The van der Waals surface area contributed by atoms with Crippen LogP contribution in [0.3, 0.4) is 0 Å². The van der Waals surface area contributed by atoms with E-state index in [1.165, 1.54) is 17.2 Å². The number of aryl methyl sites for hydroxylation is 1. The van der Waals surface area contributed by atoms with Gasteiger partial charge in [0.05, 0.1) is 0 Å². The van der Waals surface area contributed by atoms with E-state index < -0.39 is 0 Å². The van der Waals surface area contributed by atoms with Crippen molar-refractivity contribution in [1.82, 2.24) is 10.6 Å². The molecule has 0 aromatic heterocycles. The second kappa shape index (κ2) is 7.04. The molecule has 0 spiro atoms. The highest BCUT2D eigenvalue weighted by atomic mass is 19.1. The molecule has 4 heteroatoms. The van der Waals surface area contributed by atoms with E-state index >= 15 is 0 Å². The number of halogens is 1. The molecule has 0 atom stereocenters. The van der Waals surface area contributed by atoms with Gasteiger partial charge in [-0.25, -0.2) is 9.18 Å². The Bertz CT molecular complexity index is 708. The molecule has 2 amide bonds. The van der Waals surface area contributed by atoms with Gasteiger partial charge in [0.15, 0.2) is 0 Å². The lowest BCUT2D eigenvalue weighted by Crippen LogP contribution is -2.40. The molecule has 0 radical (unpaired) electrons. The molecule has 0 unspecified atom stereocenters. The molecule has 24 heavy (non-hydrogen) atoms. The van der Waals surface area contributed by atoms with Gasteiger partial charge >= 0.3 is 6.03 Å². The van der Waals surface area contributed by atoms with Crippen molar-refractivity contribution in [2.24, 2.45) is 0 Å². The summed E-state index contributed by atoms with van der Waals surface area (Å²) >= 11 is 0. The van der Waals surface area contributed by atoms with Gasteiger partial charge in [-0.05, 0) is 43.4 Å². The molecule has 3 nitrogen and oxygen atoms in total. The first-order valence-corrected chi connectivity index (χ1v) is 8.41. The number of nitrogens with one attached hydrogen (secondary N) is 2. The minimum absolute atomic E-state index is 0.0938. The fraction of sp³-hybridized carbons (Fsp3) is 0.350. The molecule has 3 rings (SSSR count). The Morgan fingerprint density at radius 1 is 1.08 bits per heavy atom. The monoisotopic (exact) mass is 326 g/mol. The number of hydrogen-bond acceptors (Lipinski definition) is 1. The van der Waals surface area contributed by atoms with Gasteiger partial charge in [0, 0.05) is 18.5 Å². The van der Waals surface area contributed by atoms with E-state index in [2.05, 4.69) is 41.8 Å². The van der Waals surface area contributed by atoms with Crippen molar-refractivity contribution in [3.05, 3.63) is 71.0 Å². The van der Waals surface area contributed by atoms with Gasteiger partial charge in [0.2, 0.25) is 0 Å². The molecule has 2 N–H and O–H groups in total. The van der Waals surface area contributed by atoms with Crippen LogP contribution in [-0.2, 0) is 11.8 Å². The van der Waals surface area contributed by atoms with E-state index in [0.29, 0.717) is 25.1 Å². The van der Waals surface area contributed by atoms with Crippen LogP contribution >= 0.6 is 0 Å². The Labute approximate surface area is 142 Å². The summed E-state index contributed by atoms with van der Waals surface area (Å²) in [4.78, 5) is 12.0. The number of carbonyl (C=O) groups excluding carboxylic acids is 1. The van der Waals surface area contributed by atoms with Crippen molar-refractivity contribution >= 4 is 6.03 Å². The van der Waals surface area contributed by atoms with E-state index in [9.17, 15) is 9.18 Å². The fourth-order valence-electron chi connectivity index (χ4n) is 2.95. The molecule has 2 aromatic rings. The molecule has 1 aliphatic rings. The van der Waals surface area contributed by atoms with Gasteiger partial charge in [0.1, 0.15) is 5.82 Å². The molecule has 1 aliphatic carbocycles. The second-order valence-electron chi connectivity index (χ2n) is 6.60. The summed E-state index contributed by atoms with van der Waals surface area (Å²) in [6.45, 7) is 3.14. The number of urea groups is 1. The normalized spacial score (nSPS) is 14.9. The number of carbonyl (C=O) groups is 1. The maximum atomic E-state index is 13.5. The lowest BCUT2D eigenvalue weighted by atomic mass is 9.95. The van der Waals surface area contributed by atoms with Crippen molar-refractivity contribution in [1.29, 1.82) is 0 Å². The Morgan fingerprint density at radius 3 is 2.46 bits per heavy atom. The molecule has 1 saturated carbocycles. The third-order valence-electron chi connectivity index (χ3n) is 4.74. The SMILES string of the molecule is Cc1ccc(C2(CNC(=O)NCCc3ccccc3F)CC2)cc1. The van der Waals surface area contributed by atoms with E-state index in [1.807, 2.05) is 0 Å². The van der Waals surface area contributed by atoms with Crippen LogP contribution in [0.15, 0.2) is 48.5 Å². The third kappa shape index (κ3) is 3.94. The molecular weight excluding hydrogens is 303 g/mol.